The van der Waals surface area contributed by atoms with E-state index in [-0.39, 0.29) is 0 Å². The van der Waals surface area contributed by atoms with Crippen LogP contribution in [0.15, 0.2) is 12.1 Å². The molecule has 2 rings (SSSR count). The van der Waals surface area contributed by atoms with Gasteiger partial charge < -0.3 is 10.1 Å². The predicted octanol–water partition coefficient (Wildman–Crippen LogP) is 3.50. The van der Waals surface area contributed by atoms with E-state index in [1.807, 2.05) is 32.9 Å². The molecule has 1 amide bonds. The second kappa shape index (κ2) is 7.69. The van der Waals surface area contributed by atoms with Gasteiger partial charge in [-0.2, -0.15) is 5.26 Å². The second-order valence-electron chi connectivity index (χ2n) is 7.07. The van der Waals surface area contributed by atoms with Crippen LogP contribution < -0.4 is 5.32 Å². The minimum Gasteiger partial charge on any atom is -0.449 e. The van der Waals surface area contributed by atoms with E-state index >= 15 is 0 Å². The quantitative estimate of drug-likeness (QED) is 0.849. The van der Waals surface area contributed by atoms with E-state index in [0.29, 0.717) is 18.4 Å². The lowest BCUT2D eigenvalue weighted by Gasteiger charge is -2.32. The maximum Gasteiger partial charge on any atom is 0.339 e. The van der Waals surface area contributed by atoms with Gasteiger partial charge in [0.05, 0.1) is 11.6 Å². The Balaban J connectivity index is 2.06. The van der Waals surface area contributed by atoms with Crippen LogP contribution in [0.2, 0.25) is 0 Å². The summed E-state index contributed by atoms with van der Waals surface area (Å²) in [5, 5.41) is 12.3. The summed E-state index contributed by atoms with van der Waals surface area (Å²) in [6.45, 7) is 7.22. The molecule has 0 radical (unpaired) electrons. The van der Waals surface area contributed by atoms with Gasteiger partial charge >= 0.3 is 5.97 Å². The highest BCUT2D eigenvalue weighted by atomic mass is 16.5. The number of nitrogens with one attached hydrogen (secondary N) is 1. The van der Waals surface area contributed by atoms with E-state index in [2.05, 4.69) is 11.4 Å². The summed E-state index contributed by atoms with van der Waals surface area (Å²) in [5.41, 5.74) is 2.40. The number of esters is 1. The van der Waals surface area contributed by atoms with Crippen molar-refractivity contribution in [3.63, 3.8) is 0 Å². The van der Waals surface area contributed by atoms with Gasteiger partial charge in [0.1, 0.15) is 5.54 Å². The third-order valence-corrected chi connectivity index (χ3v) is 4.82. The Hall–Kier alpha value is -2.35. The summed E-state index contributed by atoms with van der Waals surface area (Å²) in [5.74, 6) is -0.925. The fourth-order valence-electron chi connectivity index (χ4n) is 3.53. The topological polar surface area (TPSA) is 79.2 Å². The molecule has 0 bridgehead atoms. The predicted molar refractivity (Wildman–Crippen MR) is 95.1 cm³/mol. The number of aryl methyl sites for hydroxylation is 3. The van der Waals surface area contributed by atoms with Crippen molar-refractivity contribution in [1.82, 2.24) is 5.32 Å². The normalized spacial score (nSPS) is 17.2. The molecule has 1 unspecified atom stereocenters. The van der Waals surface area contributed by atoms with Gasteiger partial charge in [-0.25, -0.2) is 4.79 Å². The van der Waals surface area contributed by atoms with Crippen LogP contribution in [0.1, 0.15) is 66.1 Å². The smallest absolute Gasteiger partial charge is 0.339 e. The molecular formula is C20H26N2O3. The Kier molecular flexibility index (Phi) is 5.84. The van der Waals surface area contributed by atoms with Crippen LogP contribution in [0.25, 0.3) is 0 Å². The first-order chi connectivity index (χ1) is 11.8. The van der Waals surface area contributed by atoms with Crippen molar-refractivity contribution < 1.29 is 14.3 Å². The van der Waals surface area contributed by atoms with Crippen molar-refractivity contribution in [2.75, 3.05) is 0 Å². The molecule has 1 atom stereocenters. The van der Waals surface area contributed by atoms with Crippen molar-refractivity contribution in [2.45, 2.75) is 71.4 Å². The maximum atomic E-state index is 12.5. The van der Waals surface area contributed by atoms with Gasteiger partial charge in [-0.05, 0) is 51.7 Å². The number of nitrogens with zero attached hydrogens (tertiary/aromatic N) is 1. The average Bonchev–Trinajstić information content (AvgIpc) is 2.54. The van der Waals surface area contributed by atoms with Crippen LogP contribution >= 0.6 is 0 Å². The first-order valence-corrected chi connectivity index (χ1v) is 8.80. The van der Waals surface area contributed by atoms with Gasteiger partial charge in [0, 0.05) is 0 Å². The van der Waals surface area contributed by atoms with E-state index < -0.39 is 23.5 Å². The van der Waals surface area contributed by atoms with Gasteiger partial charge in [-0.3, -0.25) is 4.79 Å². The first kappa shape index (κ1) is 19.0. The molecular weight excluding hydrogens is 316 g/mol. The zero-order valence-electron chi connectivity index (χ0n) is 15.4. The molecule has 1 saturated carbocycles. The van der Waals surface area contributed by atoms with Crippen LogP contribution in [0.4, 0.5) is 0 Å². The number of hydrogen-bond donors (Lipinski definition) is 1. The molecule has 25 heavy (non-hydrogen) atoms. The Morgan fingerprint density at radius 2 is 1.72 bits per heavy atom. The van der Waals surface area contributed by atoms with Crippen LogP contribution in [0.5, 0.6) is 0 Å². The molecule has 1 aliphatic carbocycles. The van der Waals surface area contributed by atoms with E-state index in [9.17, 15) is 14.9 Å². The number of nitriles is 1. The molecule has 1 aliphatic rings. The van der Waals surface area contributed by atoms with Gasteiger partial charge in [0.2, 0.25) is 0 Å². The van der Waals surface area contributed by atoms with Gasteiger partial charge in [-0.15, -0.1) is 0 Å². The highest BCUT2D eigenvalue weighted by Crippen LogP contribution is 2.27. The fraction of sp³-hybridized carbons (Fsp3) is 0.550. The minimum atomic E-state index is -0.945. The van der Waals surface area contributed by atoms with E-state index in [4.69, 9.17) is 4.74 Å². The lowest BCUT2D eigenvalue weighted by Crippen LogP contribution is -2.52. The minimum absolute atomic E-state index is 0.417. The third-order valence-electron chi connectivity index (χ3n) is 4.82. The lowest BCUT2D eigenvalue weighted by molar-refractivity contribution is -0.130. The summed E-state index contributed by atoms with van der Waals surface area (Å²) < 4.78 is 5.37. The Morgan fingerprint density at radius 1 is 1.16 bits per heavy atom. The molecule has 0 heterocycles. The Labute approximate surface area is 149 Å². The van der Waals surface area contributed by atoms with Crippen molar-refractivity contribution in [2.24, 2.45) is 0 Å². The zero-order valence-corrected chi connectivity index (χ0v) is 15.4. The SMILES string of the molecule is Cc1cc(C)c(C(=O)OC(C)C(=O)NC2(C#N)CCCCC2)c(C)c1. The molecule has 0 aliphatic heterocycles. The summed E-state index contributed by atoms with van der Waals surface area (Å²) in [6, 6.07) is 6.08. The number of benzene rings is 1. The second-order valence-corrected chi connectivity index (χ2v) is 7.07. The standard InChI is InChI=1S/C20H26N2O3/c1-13-10-14(2)17(15(3)11-13)19(24)25-16(4)18(23)22-20(12-21)8-6-5-7-9-20/h10-11,16H,5-9H2,1-4H3,(H,22,23). The highest BCUT2D eigenvalue weighted by molar-refractivity contribution is 5.95. The summed E-state index contributed by atoms with van der Waals surface area (Å²) in [4.78, 5) is 24.9. The monoisotopic (exact) mass is 342 g/mol. The average molecular weight is 342 g/mol. The summed E-state index contributed by atoms with van der Waals surface area (Å²) >= 11 is 0. The van der Waals surface area contributed by atoms with Crippen LogP contribution in [0, 0.1) is 32.1 Å². The van der Waals surface area contributed by atoms with Gasteiger partial charge in [-0.1, -0.05) is 37.0 Å². The van der Waals surface area contributed by atoms with Crippen molar-refractivity contribution >= 4 is 11.9 Å². The van der Waals surface area contributed by atoms with E-state index in [0.717, 1.165) is 36.0 Å². The largest absolute Gasteiger partial charge is 0.449 e. The van der Waals surface area contributed by atoms with E-state index in [1.165, 1.54) is 0 Å². The number of rotatable bonds is 4. The molecule has 1 aromatic carbocycles. The van der Waals surface area contributed by atoms with Crippen molar-refractivity contribution in [3.8, 4) is 6.07 Å². The van der Waals surface area contributed by atoms with Crippen molar-refractivity contribution in [1.29, 1.82) is 5.26 Å². The van der Waals surface area contributed by atoms with Gasteiger partial charge in [0.25, 0.3) is 5.91 Å². The molecule has 5 nitrogen and oxygen atoms in total. The summed E-state index contributed by atoms with van der Waals surface area (Å²) in [6.07, 6.45) is 3.27. The Morgan fingerprint density at radius 3 is 2.24 bits per heavy atom. The fourth-order valence-corrected chi connectivity index (χ4v) is 3.53. The number of hydrogen-bond acceptors (Lipinski definition) is 4. The maximum absolute atomic E-state index is 12.5. The zero-order chi connectivity index (χ0) is 18.6. The number of ether oxygens (including phenoxy) is 1. The molecule has 134 valence electrons. The molecule has 1 aromatic rings. The lowest BCUT2D eigenvalue weighted by atomic mass is 9.83. The van der Waals surface area contributed by atoms with E-state index in [1.54, 1.807) is 6.92 Å². The van der Waals surface area contributed by atoms with Crippen LogP contribution in [0.3, 0.4) is 0 Å². The molecule has 0 saturated heterocycles. The van der Waals surface area contributed by atoms with Gasteiger partial charge in [0.15, 0.2) is 6.10 Å². The first-order valence-electron chi connectivity index (χ1n) is 8.80. The number of carbonyl (C=O) groups is 2. The summed E-state index contributed by atoms with van der Waals surface area (Å²) in [7, 11) is 0. The van der Waals surface area contributed by atoms with Crippen LogP contribution in [-0.4, -0.2) is 23.5 Å². The van der Waals surface area contributed by atoms with Crippen LogP contribution in [-0.2, 0) is 9.53 Å². The molecule has 1 fully saturated rings. The third kappa shape index (κ3) is 4.39. The molecule has 0 spiro atoms. The van der Waals surface area contributed by atoms with Crippen molar-refractivity contribution in [3.05, 3.63) is 34.4 Å². The highest BCUT2D eigenvalue weighted by Gasteiger charge is 2.35. The molecule has 5 heteroatoms. The number of carbonyl (C=O) groups excluding carboxylic acids is 2. The molecule has 1 N–H and O–H groups in total. The Bertz CT molecular complexity index is 689. The number of amides is 1. The molecule has 0 aromatic heterocycles.